The van der Waals surface area contributed by atoms with Crippen molar-refractivity contribution in [3.05, 3.63) is 33.8 Å². The van der Waals surface area contributed by atoms with E-state index in [0.29, 0.717) is 0 Å². The van der Waals surface area contributed by atoms with E-state index in [1.54, 1.807) is 0 Å². The average Bonchev–Trinajstić information content (AvgIpc) is 2.28. The first-order valence-electron chi connectivity index (χ1n) is 5.44. The van der Waals surface area contributed by atoms with E-state index in [-0.39, 0.29) is 10.0 Å². The van der Waals surface area contributed by atoms with Crippen LogP contribution in [-0.4, -0.2) is 6.18 Å². The Bertz CT molecular complexity index is 457. The van der Waals surface area contributed by atoms with Crippen LogP contribution in [0.25, 0.3) is 0 Å². The predicted molar refractivity (Wildman–Crippen MR) is 64.5 cm³/mol. The molecule has 0 bridgehead atoms. The van der Waals surface area contributed by atoms with Gasteiger partial charge in [-0.15, -0.1) is 0 Å². The van der Waals surface area contributed by atoms with E-state index in [0.717, 1.165) is 12.1 Å². The Labute approximate surface area is 119 Å². The minimum Gasteiger partial charge on any atom is -0.271 e. The summed E-state index contributed by atoms with van der Waals surface area (Å²) in [5.74, 6) is 5.12. The highest BCUT2D eigenvalue weighted by molar-refractivity contribution is 9.10. The molecule has 1 unspecified atom stereocenters. The van der Waals surface area contributed by atoms with Gasteiger partial charge < -0.3 is 0 Å². The van der Waals surface area contributed by atoms with E-state index >= 15 is 0 Å². The molecule has 0 radical (unpaired) electrons. The van der Waals surface area contributed by atoms with Gasteiger partial charge in [0, 0.05) is 16.9 Å². The van der Waals surface area contributed by atoms with Gasteiger partial charge in [0.1, 0.15) is 0 Å². The molecule has 0 aliphatic carbocycles. The largest absolute Gasteiger partial charge is 0.417 e. The summed E-state index contributed by atoms with van der Waals surface area (Å²) in [6.07, 6.45) is -10.6. The van der Waals surface area contributed by atoms with Crippen LogP contribution >= 0.6 is 15.9 Å². The van der Waals surface area contributed by atoms with Gasteiger partial charge in [0.2, 0.25) is 0 Å². The third-order valence-corrected chi connectivity index (χ3v) is 3.31. The Morgan fingerprint density at radius 1 is 1.15 bits per heavy atom. The van der Waals surface area contributed by atoms with E-state index in [1.807, 2.05) is 0 Å². The van der Waals surface area contributed by atoms with Crippen LogP contribution in [-0.2, 0) is 6.18 Å². The molecule has 0 aliphatic heterocycles. The SMILES string of the molecule is NNC(CCC(F)(F)F)c1ccc(Br)c(C(F)(F)F)c1. The van der Waals surface area contributed by atoms with Crippen molar-refractivity contribution in [1.29, 1.82) is 0 Å². The Balaban J connectivity index is 2.99. The lowest BCUT2D eigenvalue weighted by molar-refractivity contribution is -0.139. The highest BCUT2D eigenvalue weighted by Gasteiger charge is 2.34. The molecule has 0 aliphatic rings. The molecule has 1 rings (SSSR count). The first-order chi connectivity index (χ1) is 9.04. The van der Waals surface area contributed by atoms with Crippen molar-refractivity contribution in [2.75, 3.05) is 0 Å². The summed E-state index contributed by atoms with van der Waals surface area (Å²) in [5, 5.41) is 0. The summed E-state index contributed by atoms with van der Waals surface area (Å²) in [6, 6.07) is 2.20. The maximum absolute atomic E-state index is 12.7. The number of hydrazine groups is 1. The number of rotatable bonds is 4. The Hall–Kier alpha value is -0.800. The fourth-order valence-corrected chi connectivity index (χ4v) is 2.10. The van der Waals surface area contributed by atoms with Crippen molar-refractivity contribution < 1.29 is 26.3 Å². The van der Waals surface area contributed by atoms with Gasteiger partial charge in [-0.3, -0.25) is 11.3 Å². The second-order valence-corrected chi connectivity index (χ2v) is 4.96. The van der Waals surface area contributed by atoms with Gasteiger partial charge in [0.15, 0.2) is 0 Å². The highest BCUT2D eigenvalue weighted by Crippen LogP contribution is 2.37. The van der Waals surface area contributed by atoms with Crippen LogP contribution in [0.4, 0.5) is 26.3 Å². The zero-order valence-electron chi connectivity index (χ0n) is 9.95. The molecule has 0 amide bonds. The van der Waals surface area contributed by atoms with Gasteiger partial charge in [0.05, 0.1) is 5.56 Å². The van der Waals surface area contributed by atoms with Gasteiger partial charge in [-0.1, -0.05) is 22.0 Å². The number of nitrogens with two attached hydrogens (primary N) is 1. The van der Waals surface area contributed by atoms with Crippen LogP contribution in [0.5, 0.6) is 0 Å². The van der Waals surface area contributed by atoms with E-state index in [2.05, 4.69) is 21.4 Å². The maximum atomic E-state index is 12.7. The Morgan fingerprint density at radius 2 is 1.75 bits per heavy atom. The molecule has 0 heterocycles. The smallest absolute Gasteiger partial charge is 0.271 e. The lowest BCUT2D eigenvalue weighted by atomic mass is 10.00. The van der Waals surface area contributed by atoms with Gasteiger partial charge in [-0.05, 0) is 24.1 Å². The van der Waals surface area contributed by atoms with Crippen LogP contribution < -0.4 is 11.3 Å². The first-order valence-corrected chi connectivity index (χ1v) is 6.23. The minimum absolute atomic E-state index is 0.0484. The second kappa shape index (κ2) is 6.31. The number of alkyl halides is 6. The van der Waals surface area contributed by atoms with Crippen molar-refractivity contribution in [2.24, 2.45) is 5.84 Å². The van der Waals surface area contributed by atoms with Gasteiger partial charge in [0.25, 0.3) is 0 Å². The summed E-state index contributed by atoms with van der Waals surface area (Å²) in [7, 11) is 0. The third kappa shape index (κ3) is 4.95. The summed E-state index contributed by atoms with van der Waals surface area (Å²) in [6.45, 7) is 0. The maximum Gasteiger partial charge on any atom is 0.417 e. The molecule has 3 N–H and O–H groups in total. The number of benzene rings is 1. The van der Waals surface area contributed by atoms with Gasteiger partial charge in [-0.2, -0.15) is 26.3 Å². The fourth-order valence-electron chi connectivity index (χ4n) is 1.63. The lowest BCUT2D eigenvalue weighted by Gasteiger charge is -2.19. The molecule has 20 heavy (non-hydrogen) atoms. The van der Waals surface area contributed by atoms with Crippen molar-refractivity contribution in [1.82, 2.24) is 5.43 Å². The average molecular weight is 365 g/mol. The molecule has 0 fully saturated rings. The minimum atomic E-state index is -4.60. The number of halogens is 7. The fraction of sp³-hybridized carbons (Fsp3) is 0.455. The Kier molecular flexibility index (Phi) is 5.45. The molecule has 0 saturated heterocycles. The molecule has 1 aromatic carbocycles. The summed E-state index contributed by atoms with van der Waals surface area (Å²) >= 11 is 2.76. The van der Waals surface area contributed by atoms with E-state index in [9.17, 15) is 26.3 Å². The molecule has 1 atom stereocenters. The number of nitrogens with one attached hydrogen (secondary N) is 1. The normalized spacial score (nSPS) is 14.4. The molecule has 9 heteroatoms. The monoisotopic (exact) mass is 364 g/mol. The van der Waals surface area contributed by atoms with E-state index in [1.165, 1.54) is 6.07 Å². The van der Waals surface area contributed by atoms with Crippen molar-refractivity contribution in [3.8, 4) is 0 Å². The molecule has 2 nitrogen and oxygen atoms in total. The summed E-state index contributed by atoms with van der Waals surface area (Å²) in [4.78, 5) is 0. The molecule has 0 aromatic heterocycles. The van der Waals surface area contributed by atoms with Crippen molar-refractivity contribution >= 4 is 15.9 Å². The predicted octanol–water partition coefficient (Wildman–Crippen LogP) is 4.31. The van der Waals surface area contributed by atoms with Crippen LogP contribution in [0.15, 0.2) is 22.7 Å². The van der Waals surface area contributed by atoms with Crippen LogP contribution in [0, 0.1) is 0 Å². The lowest BCUT2D eigenvalue weighted by Crippen LogP contribution is -2.29. The third-order valence-electron chi connectivity index (χ3n) is 2.62. The van der Waals surface area contributed by atoms with Gasteiger partial charge >= 0.3 is 12.4 Å². The van der Waals surface area contributed by atoms with Crippen LogP contribution in [0.3, 0.4) is 0 Å². The van der Waals surface area contributed by atoms with E-state index in [4.69, 9.17) is 5.84 Å². The highest BCUT2D eigenvalue weighted by atomic mass is 79.9. The van der Waals surface area contributed by atoms with Crippen LogP contribution in [0.2, 0.25) is 0 Å². The molecule has 0 saturated carbocycles. The van der Waals surface area contributed by atoms with Crippen LogP contribution in [0.1, 0.15) is 30.0 Å². The second-order valence-electron chi connectivity index (χ2n) is 4.11. The zero-order chi connectivity index (χ0) is 15.6. The van der Waals surface area contributed by atoms with Crippen molar-refractivity contribution in [3.63, 3.8) is 0 Å². The molecular formula is C11H11BrF6N2. The number of hydrogen-bond acceptors (Lipinski definition) is 2. The summed E-state index contributed by atoms with van der Waals surface area (Å²) in [5.41, 5.74) is 1.20. The quantitative estimate of drug-likeness (QED) is 0.474. The first kappa shape index (κ1) is 17.3. The molecule has 114 valence electrons. The zero-order valence-corrected chi connectivity index (χ0v) is 11.5. The molecular weight excluding hydrogens is 354 g/mol. The summed E-state index contributed by atoms with van der Waals surface area (Å²) < 4.78 is 74.4. The van der Waals surface area contributed by atoms with Gasteiger partial charge in [-0.25, -0.2) is 0 Å². The molecule has 1 aromatic rings. The molecule has 0 spiro atoms. The topological polar surface area (TPSA) is 38.0 Å². The van der Waals surface area contributed by atoms with Crippen molar-refractivity contribution in [2.45, 2.75) is 31.2 Å². The Morgan fingerprint density at radius 3 is 2.20 bits per heavy atom. The van der Waals surface area contributed by atoms with E-state index < -0.39 is 36.8 Å². The standard InChI is InChI=1S/C11H11BrF6N2/c12-8-2-1-6(5-7(8)11(16,17)18)9(20-19)3-4-10(13,14)15/h1-2,5,9,20H,3-4,19H2. The number of hydrogen-bond donors (Lipinski definition) is 2.